The van der Waals surface area contributed by atoms with Gasteiger partial charge < -0.3 is 5.32 Å². The van der Waals surface area contributed by atoms with Gasteiger partial charge in [0.1, 0.15) is 0 Å². The van der Waals surface area contributed by atoms with Crippen molar-refractivity contribution in [1.29, 1.82) is 0 Å². The molecule has 0 aliphatic rings. The smallest absolute Gasteiger partial charge is 0.355 e. The number of carbonyl (C=O) groups excluding carboxylic acids is 1. The van der Waals surface area contributed by atoms with Gasteiger partial charge in [-0.2, -0.15) is 13.2 Å². The van der Waals surface area contributed by atoms with Gasteiger partial charge in [-0.3, -0.25) is 4.79 Å². The van der Waals surface area contributed by atoms with Crippen molar-refractivity contribution in [3.8, 4) is 0 Å². The van der Waals surface area contributed by atoms with Crippen LogP contribution in [0.2, 0.25) is 0 Å². The normalized spacial score (nSPS) is 13.0. The topological polar surface area (TPSA) is 63.2 Å². The summed E-state index contributed by atoms with van der Waals surface area (Å²) in [4.78, 5) is 11.7. The minimum atomic E-state index is -4.47. The minimum Gasteiger partial charge on any atom is -0.355 e. The van der Waals surface area contributed by atoms with Gasteiger partial charge in [-0.15, -0.1) is 0 Å². The Balaban J connectivity index is 2.59. The molecule has 1 rings (SSSR count). The predicted octanol–water partition coefficient (Wildman–Crippen LogP) is 2.58. The first-order valence-electron chi connectivity index (χ1n) is 6.98. The molecule has 0 bridgehead atoms. The van der Waals surface area contributed by atoms with E-state index in [1.807, 2.05) is 0 Å². The van der Waals surface area contributed by atoms with E-state index in [2.05, 4.69) is 5.32 Å². The summed E-state index contributed by atoms with van der Waals surface area (Å²) < 4.78 is 60.6. The number of hydrogen-bond donors (Lipinski definition) is 1. The molecule has 0 radical (unpaired) electrons. The van der Waals surface area contributed by atoms with Crippen molar-refractivity contribution >= 4 is 15.7 Å². The number of rotatable bonds is 5. The highest BCUT2D eigenvalue weighted by atomic mass is 32.2. The second-order valence-electron chi connectivity index (χ2n) is 6.16. The molecule has 0 fully saturated rings. The summed E-state index contributed by atoms with van der Waals surface area (Å²) in [7, 11) is -3.36. The first kappa shape index (κ1) is 19.5. The van der Waals surface area contributed by atoms with Crippen LogP contribution in [0.1, 0.15) is 31.9 Å². The van der Waals surface area contributed by atoms with Crippen LogP contribution in [0.5, 0.6) is 0 Å². The Bertz CT molecular complexity index is 661. The summed E-state index contributed by atoms with van der Waals surface area (Å²) >= 11 is 0. The Morgan fingerprint density at radius 1 is 1.17 bits per heavy atom. The van der Waals surface area contributed by atoms with Gasteiger partial charge in [0.2, 0.25) is 5.91 Å². The monoisotopic (exact) mass is 351 g/mol. The van der Waals surface area contributed by atoms with Gasteiger partial charge in [0, 0.05) is 6.54 Å². The van der Waals surface area contributed by atoms with Gasteiger partial charge in [-0.1, -0.05) is 18.2 Å². The molecule has 0 atom stereocenters. The second-order valence-corrected chi connectivity index (χ2v) is 9.02. The van der Waals surface area contributed by atoms with E-state index in [1.54, 1.807) is 20.8 Å². The van der Waals surface area contributed by atoms with Crippen molar-refractivity contribution < 1.29 is 26.4 Å². The third-order valence-electron chi connectivity index (χ3n) is 3.24. The first-order chi connectivity index (χ1) is 10.3. The number of carbonyl (C=O) groups is 1. The lowest BCUT2D eigenvalue weighted by Crippen LogP contribution is -2.36. The van der Waals surface area contributed by atoms with Crippen molar-refractivity contribution in [2.75, 3.05) is 12.3 Å². The van der Waals surface area contributed by atoms with Crippen LogP contribution in [0.25, 0.3) is 0 Å². The molecular weight excluding hydrogens is 331 g/mol. The molecule has 130 valence electrons. The summed E-state index contributed by atoms with van der Waals surface area (Å²) in [5, 5.41) is 2.42. The lowest BCUT2D eigenvalue weighted by Gasteiger charge is -2.19. The average molecular weight is 351 g/mol. The van der Waals surface area contributed by atoms with E-state index in [0.717, 1.165) is 12.1 Å². The van der Waals surface area contributed by atoms with E-state index in [1.165, 1.54) is 12.1 Å². The van der Waals surface area contributed by atoms with Crippen molar-refractivity contribution in [3.05, 3.63) is 35.4 Å². The summed E-state index contributed by atoms with van der Waals surface area (Å²) in [6.07, 6.45) is -4.70. The van der Waals surface area contributed by atoms with Crippen molar-refractivity contribution in [2.24, 2.45) is 0 Å². The van der Waals surface area contributed by atoms with Crippen LogP contribution < -0.4 is 5.32 Å². The Hall–Kier alpha value is -1.57. The fourth-order valence-electron chi connectivity index (χ4n) is 1.74. The van der Waals surface area contributed by atoms with Crippen LogP contribution in [0, 0.1) is 0 Å². The molecule has 0 heterocycles. The number of amides is 1. The molecule has 0 unspecified atom stereocenters. The lowest BCUT2D eigenvalue weighted by atomic mass is 10.1. The predicted molar refractivity (Wildman–Crippen MR) is 81.7 cm³/mol. The molecule has 23 heavy (non-hydrogen) atoms. The standard InChI is InChI=1S/C15H20F3NO3S/c1-14(2,3)23(21,22)8-7-19-13(20)10-11-5-4-6-12(9-11)15(16,17)18/h4-6,9H,7-8,10H2,1-3H3,(H,19,20). The zero-order valence-corrected chi connectivity index (χ0v) is 14.0. The van der Waals surface area contributed by atoms with E-state index >= 15 is 0 Å². The third kappa shape index (κ3) is 5.85. The second kappa shape index (κ2) is 6.90. The summed E-state index contributed by atoms with van der Waals surface area (Å²) in [6, 6.07) is 4.49. The quantitative estimate of drug-likeness (QED) is 0.887. The summed E-state index contributed by atoms with van der Waals surface area (Å²) in [6.45, 7) is 4.61. The van der Waals surface area contributed by atoms with Crippen molar-refractivity contribution in [1.82, 2.24) is 5.32 Å². The van der Waals surface area contributed by atoms with Crippen LogP contribution >= 0.6 is 0 Å². The maximum atomic E-state index is 12.6. The van der Waals surface area contributed by atoms with Crippen LogP contribution in [0.15, 0.2) is 24.3 Å². The number of hydrogen-bond acceptors (Lipinski definition) is 3. The number of halogens is 3. The Morgan fingerprint density at radius 3 is 2.30 bits per heavy atom. The molecule has 0 aromatic heterocycles. The molecule has 0 aliphatic heterocycles. The Kier molecular flexibility index (Phi) is 5.84. The van der Waals surface area contributed by atoms with Crippen LogP contribution in [0.3, 0.4) is 0 Å². The molecule has 1 aromatic rings. The molecule has 8 heteroatoms. The summed E-state index contributed by atoms with van der Waals surface area (Å²) in [5.74, 6) is -0.737. The highest BCUT2D eigenvalue weighted by Crippen LogP contribution is 2.29. The molecular formula is C15H20F3NO3S. The zero-order chi connectivity index (χ0) is 17.9. The van der Waals surface area contributed by atoms with Crippen molar-refractivity contribution in [3.63, 3.8) is 0 Å². The largest absolute Gasteiger partial charge is 0.416 e. The van der Waals surface area contributed by atoms with Gasteiger partial charge in [-0.05, 0) is 32.4 Å². The molecule has 0 saturated heterocycles. The molecule has 1 aromatic carbocycles. The van der Waals surface area contributed by atoms with E-state index in [0.29, 0.717) is 0 Å². The molecule has 4 nitrogen and oxygen atoms in total. The van der Waals surface area contributed by atoms with Crippen molar-refractivity contribution in [2.45, 2.75) is 38.1 Å². The van der Waals surface area contributed by atoms with Gasteiger partial charge in [-0.25, -0.2) is 8.42 Å². The number of nitrogens with one attached hydrogen (secondary N) is 1. The minimum absolute atomic E-state index is 0.0720. The highest BCUT2D eigenvalue weighted by molar-refractivity contribution is 7.92. The number of sulfone groups is 1. The Labute approximate surface area is 134 Å². The zero-order valence-electron chi connectivity index (χ0n) is 13.2. The van der Waals surface area contributed by atoms with E-state index in [9.17, 15) is 26.4 Å². The van der Waals surface area contributed by atoms with Crippen LogP contribution in [-0.2, 0) is 27.2 Å². The van der Waals surface area contributed by atoms with Gasteiger partial charge in [0.25, 0.3) is 0 Å². The average Bonchev–Trinajstić information content (AvgIpc) is 2.36. The van der Waals surface area contributed by atoms with E-state index in [4.69, 9.17) is 0 Å². The first-order valence-corrected chi connectivity index (χ1v) is 8.63. The molecule has 0 spiro atoms. The molecule has 1 amide bonds. The van der Waals surface area contributed by atoms with Gasteiger partial charge in [0.15, 0.2) is 9.84 Å². The van der Waals surface area contributed by atoms with Gasteiger partial charge >= 0.3 is 6.18 Å². The highest BCUT2D eigenvalue weighted by Gasteiger charge is 2.30. The van der Waals surface area contributed by atoms with E-state index in [-0.39, 0.29) is 24.3 Å². The Morgan fingerprint density at radius 2 is 1.78 bits per heavy atom. The molecule has 0 saturated carbocycles. The molecule has 1 N–H and O–H groups in total. The lowest BCUT2D eigenvalue weighted by molar-refractivity contribution is -0.137. The van der Waals surface area contributed by atoms with Crippen LogP contribution in [-0.4, -0.2) is 31.4 Å². The third-order valence-corrected chi connectivity index (χ3v) is 5.85. The maximum absolute atomic E-state index is 12.6. The number of alkyl halides is 3. The maximum Gasteiger partial charge on any atom is 0.416 e. The van der Waals surface area contributed by atoms with Gasteiger partial charge in [0.05, 0.1) is 22.5 Å². The summed E-state index contributed by atoms with van der Waals surface area (Å²) in [5.41, 5.74) is -0.603. The van der Waals surface area contributed by atoms with E-state index < -0.39 is 32.2 Å². The fraction of sp³-hybridized carbons (Fsp3) is 0.533. The van der Waals surface area contributed by atoms with Crippen LogP contribution in [0.4, 0.5) is 13.2 Å². The number of benzene rings is 1. The fourth-order valence-corrected chi connectivity index (χ4v) is 2.72. The molecule has 0 aliphatic carbocycles. The SMILES string of the molecule is CC(C)(C)S(=O)(=O)CCNC(=O)Cc1cccc(C(F)(F)F)c1.